The molecule has 1 aromatic heterocycles. The van der Waals surface area contributed by atoms with Crippen molar-refractivity contribution >= 4 is 11.9 Å². The molecule has 122 valence electrons. The van der Waals surface area contributed by atoms with Crippen LogP contribution in [0.25, 0.3) is 0 Å². The highest BCUT2D eigenvalue weighted by Gasteiger charge is 2.15. The van der Waals surface area contributed by atoms with Crippen molar-refractivity contribution in [2.45, 2.75) is 33.2 Å². The summed E-state index contributed by atoms with van der Waals surface area (Å²) >= 11 is 0. The second kappa shape index (κ2) is 7.09. The number of amides is 1. The van der Waals surface area contributed by atoms with Crippen molar-refractivity contribution in [1.82, 2.24) is 15.1 Å². The number of aromatic nitrogens is 2. The lowest BCUT2D eigenvalue weighted by molar-refractivity contribution is 0.0696. The predicted octanol–water partition coefficient (Wildman–Crippen LogP) is 2.44. The van der Waals surface area contributed by atoms with E-state index in [0.29, 0.717) is 18.5 Å². The normalized spacial score (nSPS) is 10.8. The molecule has 0 aliphatic carbocycles. The molecule has 0 unspecified atom stereocenters. The number of rotatable bonds is 6. The molecule has 0 spiro atoms. The van der Waals surface area contributed by atoms with Crippen molar-refractivity contribution in [3.05, 3.63) is 52.8 Å². The molecule has 1 heterocycles. The largest absolute Gasteiger partial charge is 0.478 e. The molecule has 2 rings (SSSR count). The highest BCUT2D eigenvalue weighted by molar-refractivity contribution is 5.95. The van der Waals surface area contributed by atoms with Crippen LogP contribution < -0.4 is 5.32 Å². The molecule has 2 aromatic rings. The fourth-order valence-electron chi connectivity index (χ4n) is 2.44. The lowest BCUT2D eigenvalue weighted by Gasteiger charge is -2.09. The third-order valence-electron chi connectivity index (χ3n) is 3.65. The lowest BCUT2D eigenvalue weighted by atomic mass is 10.1. The fraction of sp³-hybridized carbons (Fsp3) is 0.353. The summed E-state index contributed by atoms with van der Waals surface area (Å²) in [5.41, 5.74) is 2.53. The molecule has 6 nitrogen and oxygen atoms in total. The number of nitrogens with one attached hydrogen (secondary N) is 1. The molecule has 0 radical (unpaired) electrons. The van der Waals surface area contributed by atoms with Crippen molar-refractivity contribution in [1.29, 1.82) is 0 Å². The van der Waals surface area contributed by atoms with Gasteiger partial charge < -0.3 is 10.4 Å². The van der Waals surface area contributed by atoms with E-state index in [1.807, 2.05) is 31.5 Å². The summed E-state index contributed by atoms with van der Waals surface area (Å²) in [6.45, 7) is 6.33. The van der Waals surface area contributed by atoms with Crippen LogP contribution in [0, 0.1) is 6.92 Å². The number of carbonyl (C=O) groups is 2. The van der Waals surface area contributed by atoms with E-state index in [9.17, 15) is 9.59 Å². The van der Waals surface area contributed by atoms with Crippen LogP contribution in [0.4, 0.5) is 0 Å². The van der Waals surface area contributed by atoms with Gasteiger partial charge in [0, 0.05) is 18.3 Å². The average molecular weight is 315 g/mol. The van der Waals surface area contributed by atoms with Crippen LogP contribution in [0.3, 0.4) is 0 Å². The van der Waals surface area contributed by atoms with Gasteiger partial charge in [0.1, 0.15) is 0 Å². The third kappa shape index (κ3) is 3.97. The quantitative estimate of drug-likeness (QED) is 0.857. The minimum Gasteiger partial charge on any atom is -0.478 e. The van der Waals surface area contributed by atoms with Crippen LogP contribution in [0.2, 0.25) is 0 Å². The fourth-order valence-corrected chi connectivity index (χ4v) is 2.44. The van der Waals surface area contributed by atoms with Gasteiger partial charge in [0.25, 0.3) is 5.91 Å². The van der Waals surface area contributed by atoms with E-state index in [4.69, 9.17) is 5.11 Å². The summed E-state index contributed by atoms with van der Waals surface area (Å²) in [7, 11) is 0. The van der Waals surface area contributed by atoms with Crippen LogP contribution in [-0.4, -0.2) is 33.3 Å². The molecule has 0 bridgehead atoms. The SMILES string of the molecule is Cc1c(C(=O)NCCc2cccc(C(=O)O)c2)cnn1C(C)C. The molecular formula is C17H21N3O3. The topological polar surface area (TPSA) is 84.2 Å². The van der Waals surface area contributed by atoms with Crippen molar-refractivity contribution in [2.75, 3.05) is 6.54 Å². The Bertz CT molecular complexity index is 720. The van der Waals surface area contributed by atoms with Crippen LogP contribution in [-0.2, 0) is 6.42 Å². The van der Waals surface area contributed by atoms with Gasteiger partial charge in [-0.1, -0.05) is 12.1 Å². The maximum atomic E-state index is 12.2. The number of nitrogens with zero attached hydrogens (tertiary/aromatic N) is 2. The molecule has 0 aliphatic heterocycles. The van der Waals surface area contributed by atoms with E-state index in [0.717, 1.165) is 11.3 Å². The van der Waals surface area contributed by atoms with Gasteiger partial charge in [0.05, 0.1) is 17.3 Å². The first-order valence-corrected chi connectivity index (χ1v) is 7.54. The zero-order chi connectivity index (χ0) is 17.0. The second-order valence-electron chi connectivity index (χ2n) is 5.69. The van der Waals surface area contributed by atoms with E-state index in [1.54, 1.807) is 24.4 Å². The molecule has 0 saturated heterocycles. The Morgan fingerprint density at radius 2 is 2.09 bits per heavy atom. The summed E-state index contributed by atoms with van der Waals surface area (Å²) in [6, 6.07) is 6.93. The van der Waals surface area contributed by atoms with Crippen LogP contribution >= 0.6 is 0 Å². The van der Waals surface area contributed by atoms with E-state index in [-0.39, 0.29) is 17.5 Å². The van der Waals surface area contributed by atoms with Gasteiger partial charge in [-0.15, -0.1) is 0 Å². The number of benzene rings is 1. The number of aromatic carboxylic acids is 1. The zero-order valence-electron chi connectivity index (χ0n) is 13.5. The molecule has 0 saturated carbocycles. The predicted molar refractivity (Wildman–Crippen MR) is 86.8 cm³/mol. The van der Waals surface area contributed by atoms with Gasteiger partial charge in [0.15, 0.2) is 0 Å². The standard InChI is InChI=1S/C17H21N3O3/c1-11(2)20-12(3)15(10-19-20)16(21)18-8-7-13-5-4-6-14(9-13)17(22)23/h4-6,9-11H,7-8H2,1-3H3,(H,18,21)(H,22,23). The Kier molecular flexibility index (Phi) is 5.16. The van der Waals surface area contributed by atoms with Crippen molar-refractivity contribution in [2.24, 2.45) is 0 Å². The highest BCUT2D eigenvalue weighted by atomic mass is 16.4. The monoisotopic (exact) mass is 315 g/mol. The summed E-state index contributed by atoms with van der Waals surface area (Å²) < 4.78 is 1.81. The molecule has 0 fully saturated rings. The number of hydrogen-bond donors (Lipinski definition) is 2. The maximum absolute atomic E-state index is 12.2. The van der Waals surface area contributed by atoms with Gasteiger partial charge in [-0.25, -0.2) is 4.79 Å². The number of carbonyl (C=O) groups excluding carboxylic acids is 1. The molecule has 23 heavy (non-hydrogen) atoms. The smallest absolute Gasteiger partial charge is 0.335 e. The van der Waals surface area contributed by atoms with Gasteiger partial charge >= 0.3 is 5.97 Å². The molecule has 1 amide bonds. The Hall–Kier alpha value is -2.63. The van der Waals surface area contributed by atoms with E-state index < -0.39 is 5.97 Å². The number of carboxylic acid groups (broad SMARTS) is 1. The van der Waals surface area contributed by atoms with E-state index >= 15 is 0 Å². The van der Waals surface area contributed by atoms with Crippen molar-refractivity contribution in [3.63, 3.8) is 0 Å². The number of hydrogen-bond acceptors (Lipinski definition) is 3. The van der Waals surface area contributed by atoms with E-state index in [1.165, 1.54) is 0 Å². The molecule has 0 atom stereocenters. The maximum Gasteiger partial charge on any atom is 0.335 e. The van der Waals surface area contributed by atoms with Gasteiger partial charge in [0.2, 0.25) is 0 Å². The second-order valence-corrected chi connectivity index (χ2v) is 5.69. The van der Waals surface area contributed by atoms with Gasteiger partial charge in [-0.05, 0) is 44.9 Å². The first kappa shape index (κ1) is 16.7. The number of carboxylic acids is 1. The molecule has 2 N–H and O–H groups in total. The van der Waals surface area contributed by atoms with Crippen LogP contribution in [0.1, 0.15) is 51.9 Å². The summed E-state index contributed by atoms with van der Waals surface area (Å²) in [6.07, 6.45) is 2.15. The lowest BCUT2D eigenvalue weighted by Crippen LogP contribution is -2.26. The first-order valence-electron chi connectivity index (χ1n) is 7.54. The molecule has 0 aliphatic rings. The van der Waals surface area contributed by atoms with Crippen molar-refractivity contribution in [3.8, 4) is 0 Å². The molecule has 6 heteroatoms. The summed E-state index contributed by atoms with van der Waals surface area (Å²) in [4.78, 5) is 23.1. The minimum absolute atomic E-state index is 0.163. The minimum atomic E-state index is -0.951. The van der Waals surface area contributed by atoms with Crippen LogP contribution in [0.5, 0.6) is 0 Å². The Morgan fingerprint density at radius 1 is 1.35 bits per heavy atom. The third-order valence-corrected chi connectivity index (χ3v) is 3.65. The average Bonchev–Trinajstić information content (AvgIpc) is 2.89. The summed E-state index contributed by atoms with van der Waals surface area (Å²) in [5, 5.41) is 16.0. The summed E-state index contributed by atoms with van der Waals surface area (Å²) in [5.74, 6) is -1.11. The van der Waals surface area contributed by atoms with E-state index in [2.05, 4.69) is 10.4 Å². The molecular weight excluding hydrogens is 294 g/mol. The first-order chi connectivity index (χ1) is 10.9. The highest BCUT2D eigenvalue weighted by Crippen LogP contribution is 2.12. The molecule has 1 aromatic carbocycles. The Morgan fingerprint density at radius 3 is 2.70 bits per heavy atom. The van der Waals surface area contributed by atoms with Gasteiger partial charge in [-0.3, -0.25) is 9.48 Å². The van der Waals surface area contributed by atoms with Crippen molar-refractivity contribution < 1.29 is 14.7 Å². The Balaban J connectivity index is 1.95. The van der Waals surface area contributed by atoms with Gasteiger partial charge in [-0.2, -0.15) is 5.10 Å². The van der Waals surface area contributed by atoms with Crippen LogP contribution in [0.15, 0.2) is 30.5 Å². The zero-order valence-corrected chi connectivity index (χ0v) is 13.5. The Labute approximate surface area is 135 Å².